The lowest BCUT2D eigenvalue weighted by Gasteiger charge is -2.18. The molecule has 6 heteroatoms. The molecule has 5 N–H and O–H groups in total. The van der Waals surface area contributed by atoms with Gasteiger partial charge in [0.05, 0.1) is 11.4 Å². The van der Waals surface area contributed by atoms with Crippen LogP contribution in [0.3, 0.4) is 0 Å². The first-order chi connectivity index (χ1) is 9.47. The van der Waals surface area contributed by atoms with E-state index < -0.39 is 5.97 Å². The fourth-order valence-corrected chi connectivity index (χ4v) is 3.37. The molecular weight excluding hydrogens is 324 g/mol. The van der Waals surface area contributed by atoms with E-state index in [1.807, 2.05) is 6.07 Å². The average molecular weight is 338 g/mol. The number of rotatable bonds is 2. The van der Waals surface area contributed by atoms with Gasteiger partial charge in [-0.3, -0.25) is 10.5 Å². The van der Waals surface area contributed by atoms with Crippen LogP contribution >= 0.6 is 15.9 Å². The summed E-state index contributed by atoms with van der Waals surface area (Å²) < 4.78 is 0.802. The number of aryl methyl sites for hydroxylation is 1. The quantitative estimate of drug-likeness (QED) is 0.774. The minimum atomic E-state index is -0.756. The fourth-order valence-electron chi connectivity index (χ4n) is 2.91. The number of H-pyrrole nitrogens is 1. The number of aliphatic carboxylic acids is 1. The second-order valence-corrected chi connectivity index (χ2v) is 6.07. The van der Waals surface area contributed by atoms with E-state index >= 15 is 0 Å². The monoisotopic (exact) mass is 337 g/mol. The van der Waals surface area contributed by atoms with Crippen LogP contribution < -0.4 is 5.73 Å². The van der Waals surface area contributed by atoms with Gasteiger partial charge < -0.3 is 10.1 Å². The Hall–Kier alpha value is -1.66. The topological polar surface area (TPSA) is 97.8 Å². The molecule has 0 spiro atoms. The van der Waals surface area contributed by atoms with E-state index in [1.54, 1.807) is 6.07 Å². The smallest absolute Gasteiger partial charge is 0.343 e. The van der Waals surface area contributed by atoms with Crippen LogP contribution in [0.25, 0.3) is 10.9 Å². The molecule has 3 rings (SSSR count). The van der Waals surface area contributed by atoms with E-state index in [1.165, 1.54) is 0 Å². The Morgan fingerprint density at radius 2 is 2.15 bits per heavy atom. The van der Waals surface area contributed by atoms with Crippen LogP contribution in [-0.2, 0) is 17.6 Å². The molecule has 5 nitrogen and oxygen atoms in total. The lowest BCUT2D eigenvalue weighted by molar-refractivity contribution is -0.254. The van der Waals surface area contributed by atoms with Crippen LogP contribution in [0, 0.1) is 5.92 Å². The number of halogens is 1. The first-order valence-corrected chi connectivity index (χ1v) is 7.18. The summed E-state index contributed by atoms with van der Waals surface area (Å²) in [4.78, 5) is 26.1. The van der Waals surface area contributed by atoms with Crippen LogP contribution in [0.4, 0.5) is 0 Å². The summed E-state index contributed by atoms with van der Waals surface area (Å²) >= 11 is 3.40. The Kier molecular flexibility index (Phi) is 3.14. The first-order valence-electron chi connectivity index (χ1n) is 6.39. The van der Waals surface area contributed by atoms with Gasteiger partial charge in [-0.15, -0.1) is 0 Å². The van der Waals surface area contributed by atoms with Gasteiger partial charge in [-0.05, 0) is 37.0 Å². The number of carboxylic acids is 1. The summed E-state index contributed by atoms with van der Waals surface area (Å²) in [6.07, 6.45) is 1.83. The van der Waals surface area contributed by atoms with Crippen molar-refractivity contribution in [3.05, 3.63) is 33.4 Å². The van der Waals surface area contributed by atoms with Gasteiger partial charge in [0.1, 0.15) is 5.56 Å². The minimum absolute atomic E-state index is 0.246. The normalized spacial score (nSPS) is 18.0. The van der Waals surface area contributed by atoms with Crippen LogP contribution in [0.15, 0.2) is 16.6 Å². The van der Waals surface area contributed by atoms with Crippen LogP contribution in [0.2, 0.25) is 0 Å². The van der Waals surface area contributed by atoms with E-state index in [4.69, 9.17) is 0 Å². The van der Waals surface area contributed by atoms with Gasteiger partial charge >= 0.3 is 11.9 Å². The lowest BCUT2D eigenvalue weighted by Crippen LogP contribution is -2.56. The molecule has 104 valence electrons. The third-order valence-electron chi connectivity index (χ3n) is 3.91. The number of hydrogen-bond donors (Lipinski definition) is 3. The largest absolute Gasteiger partial charge is 0.481 e. The molecule has 0 saturated heterocycles. The van der Waals surface area contributed by atoms with E-state index in [-0.39, 0.29) is 11.8 Å². The van der Waals surface area contributed by atoms with Gasteiger partial charge in [0.15, 0.2) is 0 Å². The van der Waals surface area contributed by atoms with Crippen molar-refractivity contribution in [1.82, 2.24) is 4.98 Å². The van der Waals surface area contributed by atoms with Crippen molar-refractivity contribution in [2.45, 2.75) is 19.3 Å². The van der Waals surface area contributed by atoms with Gasteiger partial charge in [-0.2, -0.15) is 0 Å². The van der Waals surface area contributed by atoms with Crippen molar-refractivity contribution in [2.75, 3.05) is 0 Å². The average Bonchev–Trinajstić information content (AvgIpc) is 2.75. The Balaban J connectivity index is 2.22. The SMILES string of the molecule is [NH3+]C(=O)c1cc(Br)cc2c3c([nH]c12)CCC(C(=O)O)C3. The zero-order valence-corrected chi connectivity index (χ0v) is 12.3. The fraction of sp³-hybridized carbons (Fsp3) is 0.286. The highest BCUT2D eigenvalue weighted by atomic mass is 79.9. The highest BCUT2D eigenvalue weighted by Crippen LogP contribution is 2.34. The van der Waals surface area contributed by atoms with Crippen molar-refractivity contribution in [3.63, 3.8) is 0 Å². The molecule has 1 aliphatic rings. The summed E-state index contributed by atoms with van der Waals surface area (Å²) in [6.45, 7) is 0. The maximum Gasteiger partial charge on any atom is 0.343 e. The van der Waals surface area contributed by atoms with Gasteiger partial charge in [-0.25, -0.2) is 4.79 Å². The number of aromatic amines is 1. The molecule has 0 radical (unpaired) electrons. The number of nitrogens with one attached hydrogen (secondary N) is 1. The Labute approximate surface area is 123 Å². The zero-order chi connectivity index (χ0) is 14.4. The van der Waals surface area contributed by atoms with E-state index in [9.17, 15) is 14.7 Å². The van der Waals surface area contributed by atoms with E-state index in [2.05, 4.69) is 26.6 Å². The standard InChI is InChI=1S/C14H13BrN2O3/c15-7-4-9-8-3-6(14(19)20)1-2-11(8)17-12(9)10(5-7)13(16)18/h4-6,17H,1-3H2,(H2,16,18)(H,19,20)/p+1. The summed E-state index contributed by atoms with van der Waals surface area (Å²) in [6, 6.07) is 3.68. The molecule has 1 aliphatic carbocycles. The summed E-state index contributed by atoms with van der Waals surface area (Å²) in [5.74, 6) is -1.35. The highest BCUT2D eigenvalue weighted by Gasteiger charge is 2.28. The second kappa shape index (κ2) is 4.71. The van der Waals surface area contributed by atoms with Crippen LogP contribution in [0.1, 0.15) is 28.0 Å². The molecule has 0 fully saturated rings. The Morgan fingerprint density at radius 3 is 2.80 bits per heavy atom. The molecule has 0 aliphatic heterocycles. The molecule has 1 unspecified atom stereocenters. The predicted octanol–water partition coefficient (Wildman–Crippen LogP) is 1.50. The van der Waals surface area contributed by atoms with Gasteiger partial charge in [-0.1, -0.05) is 15.9 Å². The molecule has 0 saturated carbocycles. The third kappa shape index (κ3) is 2.05. The van der Waals surface area contributed by atoms with Crippen molar-refractivity contribution >= 4 is 38.7 Å². The molecule has 1 aromatic heterocycles. The van der Waals surface area contributed by atoms with Crippen molar-refractivity contribution < 1.29 is 20.4 Å². The minimum Gasteiger partial charge on any atom is -0.481 e. The molecule has 1 heterocycles. The summed E-state index contributed by atoms with van der Waals surface area (Å²) in [5.41, 5.74) is 6.84. The van der Waals surface area contributed by atoms with Crippen LogP contribution in [-0.4, -0.2) is 22.0 Å². The summed E-state index contributed by atoms with van der Waals surface area (Å²) in [7, 11) is 0. The van der Waals surface area contributed by atoms with Crippen LogP contribution in [0.5, 0.6) is 0 Å². The number of hydrogen-bond acceptors (Lipinski definition) is 2. The molecule has 0 bridgehead atoms. The Morgan fingerprint density at radius 1 is 1.40 bits per heavy atom. The third-order valence-corrected chi connectivity index (χ3v) is 4.37. The maximum absolute atomic E-state index is 11.7. The van der Waals surface area contributed by atoms with E-state index in [0.717, 1.165) is 26.6 Å². The molecule has 20 heavy (non-hydrogen) atoms. The number of quaternary nitrogens is 1. The molecular formula is C14H14BrN2O3+. The van der Waals surface area contributed by atoms with Crippen molar-refractivity contribution in [2.24, 2.45) is 5.92 Å². The maximum atomic E-state index is 11.7. The second-order valence-electron chi connectivity index (χ2n) is 5.16. The zero-order valence-electron chi connectivity index (χ0n) is 10.7. The van der Waals surface area contributed by atoms with Gasteiger partial charge in [0, 0.05) is 15.6 Å². The number of carbonyl (C=O) groups excluding carboxylic acids is 1. The number of benzene rings is 1. The van der Waals surface area contributed by atoms with Crippen molar-refractivity contribution in [3.8, 4) is 0 Å². The number of amides is 1. The van der Waals surface area contributed by atoms with Gasteiger partial charge in [0.25, 0.3) is 0 Å². The molecule has 1 atom stereocenters. The number of fused-ring (bicyclic) bond motifs is 3. The number of carboxylic acid groups (broad SMARTS) is 1. The number of carbonyl (C=O) groups is 2. The molecule has 1 aromatic carbocycles. The highest BCUT2D eigenvalue weighted by molar-refractivity contribution is 9.10. The first kappa shape index (κ1) is 13.3. The Bertz CT molecular complexity index is 736. The molecule has 2 aromatic rings. The lowest BCUT2D eigenvalue weighted by atomic mass is 9.86. The summed E-state index contributed by atoms with van der Waals surface area (Å²) in [5, 5.41) is 10.1. The van der Waals surface area contributed by atoms with Gasteiger partial charge in [0.2, 0.25) is 0 Å². The number of aromatic nitrogens is 1. The molecule has 1 amide bonds. The van der Waals surface area contributed by atoms with E-state index in [0.29, 0.717) is 24.8 Å². The van der Waals surface area contributed by atoms with Crippen molar-refractivity contribution in [1.29, 1.82) is 0 Å². The predicted molar refractivity (Wildman–Crippen MR) is 76.4 cm³/mol.